The zero-order valence-corrected chi connectivity index (χ0v) is 16.7. The first-order valence-electron chi connectivity index (χ1n) is 9.27. The molecule has 3 aromatic rings. The Balaban J connectivity index is 2.04. The highest BCUT2D eigenvalue weighted by Crippen LogP contribution is 2.39. The third-order valence-corrected chi connectivity index (χ3v) is 4.44. The molecule has 2 aromatic carbocycles. The quantitative estimate of drug-likeness (QED) is 0.473. The van der Waals surface area contributed by atoms with Gasteiger partial charge in [-0.3, -0.25) is 5.21 Å². The Bertz CT molecular complexity index is 946. The summed E-state index contributed by atoms with van der Waals surface area (Å²) in [5, 5.41) is 12.1. The van der Waals surface area contributed by atoms with Gasteiger partial charge in [-0.2, -0.15) is 0 Å². The summed E-state index contributed by atoms with van der Waals surface area (Å²) < 4.78 is 23.3. The van der Waals surface area contributed by atoms with Crippen LogP contribution in [-0.4, -0.2) is 32.6 Å². The van der Waals surface area contributed by atoms with Gasteiger partial charge in [0.15, 0.2) is 11.5 Å². The lowest BCUT2D eigenvalue weighted by Crippen LogP contribution is -2.29. The van der Waals surface area contributed by atoms with E-state index in [0.29, 0.717) is 36.9 Å². The van der Waals surface area contributed by atoms with Crippen molar-refractivity contribution in [3.63, 3.8) is 0 Å². The summed E-state index contributed by atoms with van der Waals surface area (Å²) >= 11 is 0. The van der Waals surface area contributed by atoms with Crippen LogP contribution in [0.25, 0.3) is 10.8 Å². The Labute approximate surface area is 164 Å². The molecule has 6 nitrogen and oxygen atoms in total. The van der Waals surface area contributed by atoms with E-state index in [-0.39, 0.29) is 0 Å². The van der Waals surface area contributed by atoms with Crippen LogP contribution in [0.4, 0.5) is 0 Å². The Kier molecular flexibility index (Phi) is 6.09. The number of aromatic nitrogens is 1. The van der Waals surface area contributed by atoms with E-state index in [1.54, 1.807) is 26.6 Å². The zero-order valence-electron chi connectivity index (χ0n) is 16.7. The van der Waals surface area contributed by atoms with Gasteiger partial charge in [0.1, 0.15) is 5.75 Å². The van der Waals surface area contributed by atoms with Crippen LogP contribution < -0.4 is 23.7 Å². The fourth-order valence-corrected chi connectivity index (χ4v) is 3.29. The SMILES string of the molecule is CCOc1ccc2c(Cc3cc(OC)c(OCC)c(OC)c3)c[n+](O)cc2c1. The van der Waals surface area contributed by atoms with E-state index in [2.05, 4.69) is 0 Å². The molecule has 0 aliphatic heterocycles. The van der Waals surface area contributed by atoms with E-state index in [1.165, 1.54) is 0 Å². The number of nitrogens with zero attached hydrogens (tertiary/aromatic N) is 1. The van der Waals surface area contributed by atoms with Crippen molar-refractivity contribution < 1.29 is 28.9 Å². The molecule has 0 radical (unpaired) electrons. The van der Waals surface area contributed by atoms with Gasteiger partial charge in [0, 0.05) is 16.7 Å². The molecule has 0 saturated heterocycles. The monoisotopic (exact) mass is 384 g/mol. The van der Waals surface area contributed by atoms with Gasteiger partial charge in [0.05, 0.1) is 32.8 Å². The topological polar surface area (TPSA) is 61.0 Å². The molecule has 0 saturated carbocycles. The highest BCUT2D eigenvalue weighted by Gasteiger charge is 2.17. The van der Waals surface area contributed by atoms with E-state index in [9.17, 15) is 5.21 Å². The molecule has 1 aromatic heterocycles. The standard InChI is InChI=1S/C22H26NO5/c1-5-27-18-7-8-19-16(13-23(24)14-17(19)12-18)9-15-10-20(25-3)22(28-6-2)21(11-15)26-4/h7-8,10-14,24H,5-6,9H2,1-4H3/q+1. The highest BCUT2D eigenvalue weighted by molar-refractivity contribution is 5.85. The average molecular weight is 384 g/mol. The van der Waals surface area contributed by atoms with Gasteiger partial charge in [0.25, 0.3) is 0 Å². The highest BCUT2D eigenvalue weighted by atomic mass is 16.5. The van der Waals surface area contributed by atoms with Crippen LogP contribution >= 0.6 is 0 Å². The van der Waals surface area contributed by atoms with E-state index in [4.69, 9.17) is 18.9 Å². The molecule has 6 heteroatoms. The van der Waals surface area contributed by atoms with Crippen LogP contribution in [0.5, 0.6) is 23.0 Å². The van der Waals surface area contributed by atoms with Crippen molar-refractivity contribution in [3.8, 4) is 23.0 Å². The number of methoxy groups -OCH3 is 2. The van der Waals surface area contributed by atoms with E-state index >= 15 is 0 Å². The van der Waals surface area contributed by atoms with Crippen LogP contribution in [0.1, 0.15) is 25.0 Å². The van der Waals surface area contributed by atoms with E-state index in [1.807, 2.05) is 44.2 Å². The molecule has 1 heterocycles. The molecule has 0 fully saturated rings. The Morgan fingerprint density at radius 2 is 1.57 bits per heavy atom. The third-order valence-electron chi connectivity index (χ3n) is 4.44. The molecule has 0 aliphatic carbocycles. The molecule has 0 aliphatic rings. The first-order valence-corrected chi connectivity index (χ1v) is 9.27. The van der Waals surface area contributed by atoms with Gasteiger partial charge in [0.2, 0.25) is 18.1 Å². The molecule has 28 heavy (non-hydrogen) atoms. The van der Waals surface area contributed by atoms with Crippen molar-refractivity contribution in [2.75, 3.05) is 27.4 Å². The second-order valence-corrected chi connectivity index (χ2v) is 6.28. The Morgan fingerprint density at radius 1 is 0.893 bits per heavy atom. The minimum absolute atomic E-state index is 0.516. The Hall–Kier alpha value is -3.15. The molecule has 3 rings (SSSR count). The molecule has 148 valence electrons. The zero-order chi connectivity index (χ0) is 20.1. The van der Waals surface area contributed by atoms with Gasteiger partial charge in [-0.05, 0) is 55.1 Å². The predicted molar refractivity (Wildman–Crippen MR) is 106 cm³/mol. The van der Waals surface area contributed by atoms with Crippen LogP contribution in [0, 0.1) is 0 Å². The van der Waals surface area contributed by atoms with Gasteiger partial charge in [-0.15, -0.1) is 0 Å². The average Bonchev–Trinajstić information content (AvgIpc) is 2.68. The first kappa shape index (κ1) is 19.6. The van der Waals surface area contributed by atoms with Gasteiger partial charge < -0.3 is 18.9 Å². The fraction of sp³-hybridized carbons (Fsp3) is 0.318. The van der Waals surface area contributed by atoms with Crippen molar-refractivity contribution in [2.45, 2.75) is 20.3 Å². The van der Waals surface area contributed by atoms with E-state index in [0.717, 1.165) is 32.4 Å². The Morgan fingerprint density at radius 3 is 2.18 bits per heavy atom. The molecular formula is C22H26NO5+. The summed E-state index contributed by atoms with van der Waals surface area (Å²) in [6.45, 7) is 4.97. The lowest BCUT2D eigenvalue weighted by molar-refractivity contribution is -0.904. The van der Waals surface area contributed by atoms with Crippen molar-refractivity contribution >= 4 is 10.8 Å². The van der Waals surface area contributed by atoms with Crippen molar-refractivity contribution in [2.24, 2.45) is 0 Å². The number of hydrogen-bond acceptors (Lipinski definition) is 5. The maximum absolute atomic E-state index is 10.1. The maximum atomic E-state index is 10.1. The third kappa shape index (κ3) is 4.06. The summed E-state index contributed by atoms with van der Waals surface area (Å²) in [7, 11) is 3.21. The fourth-order valence-electron chi connectivity index (χ4n) is 3.29. The summed E-state index contributed by atoms with van der Waals surface area (Å²) in [6.07, 6.45) is 3.96. The largest absolute Gasteiger partial charge is 0.494 e. The normalized spacial score (nSPS) is 10.7. The number of rotatable bonds is 8. The van der Waals surface area contributed by atoms with Crippen LogP contribution in [0.15, 0.2) is 42.7 Å². The van der Waals surface area contributed by atoms with Gasteiger partial charge >= 0.3 is 0 Å². The maximum Gasteiger partial charge on any atom is 0.230 e. The van der Waals surface area contributed by atoms with Crippen LogP contribution in [-0.2, 0) is 6.42 Å². The molecule has 0 amide bonds. The molecular weight excluding hydrogens is 358 g/mol. The minimum Gasteiger partial charge on any atom is -0.494 e. The number of pyridine rings is 1. The number of hydrogen-bond donors (Lipinski definition) is 1. The number of fused-ring (bicyclic) bond motifs is 1. The van der Waals surface area contributed by atoms with Gasteiger partial charge in [-0.1, -0.05) is 0 Å². The number of benzene rings is 2. The summed E-state index contributed by atoms with van der Waals surface area (Å²) in [4.78, 5) is 0. The summed E-state index contributed by atoms with van der Waals surface area (Å²) in [6, 6.07) is 9.74. The summed E-state index contributed by atoms with van der Waals surface area (Å²) in [5.74, 6) is 2.60. The molecule has 0 bridgehead atoms. The van der Waals surface area contributed by atoms with Crippen molar-refractivity contribution in [1.29, 1.82) is 0 Å². The second kappa shape index (κ2) is 8.69. The van der Waals surface area contributed by atoms with Crippen LogP contribution in [0.3, 0.4) is 0 Å². The van der Waals surface area contributed by atoms with Crippen LogP contribution in [0.2, 0.25) is 0 Å². The number of ether oxygens (including phenoxy) is 4. The second-order valence-electron chi connectivity index (χ2n) is 6.28. The van der Waals surface area contributed by atoms with Gasteiger partial charge in [-0.25, -0.2) is 0 Å². The minimum atomic E-state index is 0.516. The molecule has 0 unspecified atom stereocenters. The smallest absolute Gasteiger partial charge is 0.230 e. The first-order chi connectivity index (χ1) is 13.6. The molecule has 0 spiro atoms. The molecule has 0 atom stereocenters. The van der Waals surface area contributed by atoms with Crippen molar-refractivity contribution in [3.05, 3.63) is 53.9 Å². The lowest BCUT2D eigenvalue weighted by atomic mass is 10.00. The van der Waals surface area contributed by atoms with Crippen molar-refractivity contribution in [1.82, 2.24) is 0 Å². The lowest BCUT2D eigenvalue weighted by Gasteiger charge is -2.15. The molecule has 1 N–H and O–H groups in total. The van der Waals surface area contributed by atoms with E-state index < -0.39 is 0 Å². The summed E-state index contributed by atoms with van der Waals surface area (Å²) in [5.41, 5.74) is 1.95. The predicted octanol–water partition coefficient (Wildman–Crippen LogP) is 3.77.